The highest BCUT2D eigenvalue weighted by Crippen LogP contribution is 2.75. The Balaban J connectivity index is 0.912. The molecule has 3 saturated carbocycles. The van der Waals surface area contributed by atoms with Gasteiger partial charge in [-0.1, -0.05) is 53.2 Å². The molecule has 0 bridgehead atoms. The summed E-state index contributed by atoms with van der Waals surface area (Å²) in [5.74, 6) is -1.23. The molecule has 0 aromatic carbocycles. The minimum absolute atomic E-state index is 0.0226. The van der Waals surface area contributed by atoms with Gasteiger partial charge in [0.05, 0.1) is 75.8 Å². The van der Waals surface area contributed by atoms with Gasteiger partial charge < -0.3 is 144 Å². The normalized spacial score (nSPS) is 51.3. The van der Waals surface area contributed by atoms with Gasteiger partial charge in [-0.3, -0.25) is 0 Å². The van der Waals surface area contributed by atoms with Crippen LogP contribution in [0.2, 0.25) is 0 Å². The number of rotatable bonds is 21. The molecule has 19 N–H and O–H groups in total. The van der Waals surface area contributed by atoms with Gasteiger partial charge in [-0.25, -0.2) is 0 Å². The monoisotopic (exact) mass is 1300 g/mol. The van der Waals surface area contributed by atoms with E-state index in [0.717, 1.165) is 18.4 Å². The number of fused-ring (bicyclic) bond motifs is 5. The van der Waals surface area contributed by atoms with Gasteiger partial charge in [0.1, 0.15) is 104 Å². The minimum atomic E-state index is -2.02. The number of hydrogen-bond donors (Lipinski definition) is 19. The van der Waals surface area contributed by atoms with Crippen molar-refractivity contribution in [2.24, 2.45) is 51.2 Å². The summed E-state index contributed by atoms with van der Waals surface area (Å²) < 4.78 is 59.6. The van der Waals surface area contributed by atoms with E-state index in [9.17, 15) is 97.0 Å². The minimum Gasteiger partial charge on any atom is -0.394 e. The smallest absolute Gasteiger partial charge is 0.187 e. The van der Waals surface area contributed by atoms with E-state index in [4.69, 9.17) is 47.4 Å². The van der Waals surface area contributed by atoms with Crippen LogP contribution >= 0.6 is 0 Å². The maximum atomic E-state index is 12.8. The van der Waals surface area contributed by atoms with E-state index in [-0.39, 0.29) is 40.9 Å². The fourth-order valence-corrected chi connectivity index (χ4v) is 17.3. The Bertz CT molecular complexity index is 2360. The van der Waals surface area contributed by atoms with Crippen LogP contribution in [0.5, 0.6) is 0 Å². The fraction of sp³-hybridized carbons (Fsp3) is 0.967. The fourth-order valence-electron chi connectivity index (χ4n) is 17.3. The van der Waals surface area contributed by atoms with Gasteiger partial charge in [0.15, 0.2) is 31.5 Å². The third-order valence-corrected chi connectivity index (χ3v) is 23.3. The summed E-state index contributed by atoms with van der Waals surface area (Å²) in [4.78, 5) is 0. The zero-order valence-corrected chi connectivity index (χ0v) is 52.5. The van der Waals surface area contributed by atoms with Crippen molar-refractivity contribution in [2.45, 2.75) is 278 Å². The molecule has 9 rings (SSSR count). The summed E-state index contributed by atoms with van der Waals surface area (Å²) in [6.07, 6.45) is -35.5. The van der Waals surface area contributed by atoms with Crippen LogP contribution < -0.4 is 0 Å². The molecule has 0 aromatic heterocycles. The van der Waals surface area contributed by atoms with Gasteiger partial charge in [0, 0.05) is 16.7 Å². The average Bonchev–Trinajstić information content (AvgIpc) is 1.30. The van der Waals surface area contributed by atoms with E-state index in [1.165, 1.54) is 13.8 Å². The van der Waals surface area contributed by atoms with Crippen molar-refractivity contribution >= 4 is 0 Å². The molecule has 0 spiro atoms. The highest BCUT2D eigenvalue weighted by atomic mass is 16.8. The average molecular weight is 1300 g/mol. The van der Waals surface area contributed by atoms with Crippen LogP contribution in [0.3, 0.4) is 0 Å². The molecule has 5 saturated heterocycles. The highest BCUT2D eigenvalue weighted by Gasteiger charge is 2.70. The second kappa shape index (κ2) is 28.2. The lowest BCUT2D eigenvalue weighted by Gasteiger charge is -2.67. The van der Waals surface area contributed by atoms with Gasteiger partial charge in [0.2, 0.25) is 0 Å². The van der Waals surface area contributed by atoms with Crippen molar-refractivity contribution < 1.29 is 144 Å². The van der Waals surface area contributed by atoms with Crippen molar-refractivity contribution in [3.8, 4) is 0 Å². The van der Waals surface area contributed by atoms with Crippen molar-refractivity contribution in [3.05, 3.63) is 11.6 Å². The molecule has 0 radical (unpaired) electrons. The van der Waals surface area contributed by atoms with Gasteiger partial charge >= 0.3 is 0 Å². The Morgan fingerprint density at radius 2 is 1.00 bits per heavy atom. The summed E-state index contributed by atoms with van der Waals surface area (Å²) in [5, 5.41) is 206. The maximum absolute atomic E-state index is 12.8. The zero-order valence-electron chi connectivity index (χ0n) is 52.5. The first-order valence-electron chi connectivity index (χ1n) is 32.0. The molecular weight excluding hydrogens is 1200 g/mol. The van der Waals surface area contributed by atoms with Crippen LogP contribution in [0.15, 0.2) is 11.6 Å². The lowest BCUT2D eigenvalue weighted by molar-refractivity contribution is -0.380. The number of aliphatic hydroxyl groups excluding tert-OH is 18. The van der Waals surface area contributed by atoms with Crippen LogP contribution in [0.25, 0.3) is 0 Å². The predicted octanol–water partition coefficient (Wildman–Crippen LogP) is -5.16. The lowest BCUT2D eigenvalue weighted by atomic mass is 9.38. The van der Waals surface area contributed by atoms with Crippen LogP contribution in [0.1, 0.15) is 107 Å². The Kier molecular flexibility index (Phi) is 22.8. The molecule has 4 unspecified atom stereocenters. The molecule has 0 amide bonds. The third-order valence-electron chi connectivity index (χ3n) is 23.3. The molecule has 5 heterocycles. The molecule has 8 fully saturated rings. The number of hydrogen-bond acceptors (Lipinski definition) is 29. The molecular formula is C61H104O29. The summed E-state index contributed by atoms with van der Waals surface area (Å²) in [7, 11) is 0. The van der Waals surface area contributed by atoms with E-state index < -0.39 is 228 Å². The number of allylic oxidation sites excluding steroid dienone is 1. The summed E-state index contributed by atoms with van der Waals surface area (Å²) in [6, 6.07) is 0. The summed E-state index contributed by atoms with van der Waals surface area (Å²) in [6.45, 7) is 11.9. The van der Waals surface area contributed by atoms with Crippen molar-refractivity contribution in [2.75, 3.05) is 39.6 Å². The highest BCUT2D eigenvalue weighted by molar-refractivity contribution is 5.32. The molecule has 522 valence electrons. The van der Waals surface area contributed by atoms with Gasteiger partial charge in [-0.05, 0) is 99.7 Å². The van der Waals surface area contributed by atoms with Gasteiger partial charge in [0.25, 0.3) is 0 Å². The summed E-state index contributed by atoms with van der Waals surface area (Å²) >= 11 is 0. The molecule has 9 aliphatic rings. The molecule has 0 aromatic rings. The van der Waals surface area contributed by atoms with E-state index in [0.29, 0.717) is 32.1 Å². The second-order valence-electron chi connectivity index (χ2n) is 29.1. The molecule has 35 atom stereocenters. The maximum Gasteiger partial charge on any atom is 0.187 e. The SMILES string of the molecule is C[C@H](CC[C@@H](O[C@@H]1O[C@H](COC2O[C@H](CO)[C@@H](O)[C@H](O)[C@H]2O)[C@@H](O)[C@H](O)[C@H]1O[C@@H]1O[C@H](CO)[C@@H](CO[C@H]2O[C@H](CO)[C@@H](O)[C@H](O)[C@H]2O)[C@H](O)[C@H]1O)C(C)(C)O)C1CC[C@@]2(C)C3CC=C4C(CC[C@H](O[C@@H]5O[C@H](CO)[C@@H](O)[C@H](O)[C@H]5O)C4(C)C)[C@]3(C)[C@H](O)C[C@]12C. The first-order valence-corrected chi connectivity index (χ1v) is 32.0. The zero-order chi connectivity index (χ0) is 66.2. The second-order valence-corrected chi connectivity index (χ2v) is 29.1. The molecule has 90 heavy (non-hydrogen) atoms. The Morgan fingerprint density at radius 3 is 1.54 bits per heavy atom. The van der Waals surface area contributed by atoms with Crippen LogP contribution in [0.4, 0.5) is 0 Å². The van der Waals surface area contributed by atoms with Gasteiger partial charge in [-0.2, -0.15) is 0 Å². The Hall–Kier alpha value is -1.42. The third kappa shape index (κ3) is 13.2. The Labute approximate surface area is 523 Å². The van der Waals surface area contributed by atoms with Crippen molar-refractivity contribution in [1.82, 2.24) is 0 Å². The van der Waals surface area contributed by atoms with Crippen LogP contribution in [0, 0.1) is 51.2 Å². The molecule has 29 heteroatoms. The Morgan fingerprint density at radius 1 is 0.522 bits per heavy atom. The van der Waals surface area contributed by atoms with E-state index in [1.54, 1.807) is 0 Å². The van der Waals surface area contributed by atoms with Crippen LogP contribution in [-0.2, 0) is 47.4 Å². The number of aliphatic hydroxyl groups is 19. The first-order chi connectivity index (χ1) is 42.2. The molecule has 29 nitrogen and oxygen atoms in total. The topological polar surface area (TPSA) is 477 Å². The van der Waals surface area contributed by atoms with Crippen molar-refractivity contribution in [1.29, 1.82) is 0 Å². The largest absolute Gasteiger partial charge is 0.394 e. The quantitative estimate of drug-likeness (QED) is 0.0478. The van der Waals surface area contributed by atoms with E-state index >= 15 is 0 Å². The van der Waals surface area contributed by atoms with Crippen molar-refractivity contribution in [3.63, 3.8) is 0 Å². The van der Waals surface area contributed by atoms with E-state index in [2.05, 4.69) is 47.6 Å². The summed E-state index contributed by atoms with van der Waals surface area (Å²) in [5.41, 5.74) is -2.30. The van der Waals surface area contributed by atoms with Gasteiger partial charge in [-0.15, -0.1) is 0 Å². The predicted molar refractivity (Wildman–Crippen MR) is 305 cm³/mol. The lowest BCUT2D eigenvalue weighted by Crippen LogP contribution is -2.65. The van der Waals surface area contributed by atoms with E-state index in [1.807, 2.05) is 0 Å². The first kappa shape index (κ1) is 72.8. The number of ether oxygens (including phenoxy) is 10. The standard InChI is InChI=1S/C61H104O29/c1-24(26-15-16-59(6)34-12-10-27-28(61(34,8)35(66)17-60(26,59)7)11-14-36(57(27,2)3)88-54-50(79)45(74)41(70)32(21-65)86-54)9-13-37(58(4,5)80)89-56-51(46(75)42(71)33(87-56)23-82-53-49(78)44(73)40(69)31(20-64)85-53)90-55-47(76)38(67)25(29(18-62)83-55)22-81-52-48(77)43(72)39(68)30(19-63)84-52/h10,24-26,28-56,62-80H,9,11-23H2,1-8H3/t24-,25-,26?,28?,29-,30-,31-,32-,33-,34?,35-,36+,37-,38+,39-,40-,41-,42-,43+,44+,45+,46+,47-,48-,49-,50-,51-,52+,53?,54+,55+,56+,59+,60-,61+/m1/s1. The molecule has 5 aliphatic heterocycles. The van der Waals surface area contributed by atoms with Crippen LogP contribution in [-0.4, -0.2) is 308 Å². The molecule has 4 aliphatic carbocycles.